The molecule has 0 radical (unpaired) electrons. The van der Waals surface area contributed by atoms with Gasteiger partial charge in [0.2, 0.25) is 0 Å². The zero-order valence-corrected chi connectivity index (χ0v) is 11.7. The Morgan fingerprint density at radius 3 is 2.80 bits per heavy atom. The van der Waals surface area contributed by atoms with Gasteiger partial charge < -0.3 is 24.8 Å². The number of piperazine rings is 1. The predicted octanol–water partition coefficient (Wildman–Crippen LogP) is 1.00. The maximum atomic E-state index is 10.1. The Balaban J connectivity index is 1.74. The van der Waals surface area contributed by atoms with Crippen LogP contribution in [0.5, 0.6) is 17.2 Å². The average molecular weight is 278 g/mol. The van der Waals surface area contributed by atoms with Crippen LogP contribution in [0.1, 0.15) is 12.0 Å². The van der Waals surface area contributed by atoms with E-state index in [4.69, 9.17) is 9.47 Å². The van der Waals surface area contributed by atoms with Gasteiger partial charge in [-0.1, -0.05) is 0 Å². The van der Waals surface area contributed by atoms with Crippen molar-refractivity contribution in [1.82, 2.24) is 10.2 Å². The zero-order valence-electron chi connectivity index (χ0n) is 11.7. The SMILES string of the molecule is Oc1ccc2c(c1CCN1CCNCC1)OCCCO2. The lowest BCUT2D eigenvalue weighted by atomic mass is 10.1. The molecule has 1 fully saturated rings. The zero-order chi connectivity index (χ0) is 13.8. The van der Waals surface area contributed by atoms with E-state index in [0.717, 1.165) is 62.6 Å². The lowest BCUT2D eigenvalue weighted by Gasteiger charge is -2.27. The fourth-order valence-electron chi connectivity index (χ4n) is 2.73. The molecule has 5 heteroatoms. The third-order valence-electron chi connectivity index (χ3n) is 3.88. The van der Waals surface area contributed by atoms with Crippen molar-refractivity contribution in [2.75, 3.05) is 45.9 Å². The summed E-state index contributed by atoms with van der Waals surface area (Å²) < 4.78 is 11.5. The number of benzene rings is 1. The molecule has 0 aromatic heterocycles. The summed E-state index contributed by atoms with van der Waals surface area (Å²) in [6.45, 7) is 6.47. The van der Waals surface area contributed by atoms with Crippen LogP contribution in [0.15, 0.2) is 12.1 Å². The maximum absolute atomic E-state index is 10.1. The Bertz CT molecular complexity index is 459. The molecule has 5 nitrogen and oxygen atoms in total. The molecule has 0 bridgehead atoms. The molecular weight excluding hydrogens is 256 g/mol. The molecule has 1 aromatic carbocycles. The van der Waals surface area contributed by atoms with Crippen LogP contribution in [0, 0.1) is 0 Å². The number of hydrogen-bond donors (Lipinski definition) is 2. The quantitative estimate of drug-likeness (QED) is 0.864. The van der Waals surface area contributed by atoms with E-state index in [0.29, 0.717) is 19.0 Å². The van der Waals surface area contributed by atoms with E-state index in [1.807, 2.05) is 0 Å². The number of nitrogens with one attached hydrogen (secondary N) is 1. The van der Waals surface area contributed by atoms with Crippen molar-refractivity contribution >= 4 is 0 Å². The molecule has 2 aliphatic rings. The molecule has 2 N–H and O–H groups in total. The van der Waals surface area contributed by atoms with Crippen LogP contribution in [0.25, 0.3) is 0 Å². The molecule has 1 aromatic rings. The van der Waals surface area contributed by atoms with Gasteiger partial charge in [0.25, 0.3) is 0 Å². The first-order valence-electron chi connectivity index (χ1n) is 7.38. The minimum absolute atomic E-state index is 0.310. The highest BCUT2D eigenvalue weighted by molar-refractivity contribution is 5.53. The van der Waals surface area contributed by atoms with Gasteiger partial charge in [-0.05, 0) is 18.6 Å². The first-order chi connectivity index (χ1) is 9.84. The Labute approximate surface area is 119 Å². The number of phenols is 1. The number of phenolic OH excluding ortho intramolecular Hbond substituents is 1. The van der Waals surface area contributed by atoms with E-state index >= 15 is 0 Å². The van der Waals surface area contributed by atoms with Crippen LogP contribution in [-0.2, 0) is 6.42 Å². The Morgan fingerprint density at radius 2 is 1.95 bits per heavy atom. The Kier molecular flexibility index (Phi) is 4.28. The van der Waals surface area contributed by atoms with Crippen molar-refractivity contribution < 1.29 is 14.6 Å². The summed E-state index contributed by atoms with van der Waals surface area (Å²) >= 11 is 0. The second-order valence-electron chi connectivity index (χ2n) is 5.28. The van der Waals surface area contributed by atoms with Gasteiger partial charge in [0, 0.05) is 44.7 Å². The lowest BCUT2D eigenvalue weighted by molar-refractivity contribution is 0.241. The van der Waals surface area contributed by atoms with Gasteiger partial charge in [0.1, 0.15) is 5.75 Å². The van der Waals surface area contributed by atoms with Gasteiger partial charge in [-0.2, -0.15) is 0 Å². The molecule has 0 spiro atoms. The van der Waals surface area contributed by atoms with Crippen molar-refractivity contribution in [3.05, 3.63) is 17.7 Å². The van der Waals surface area contributed by atoms with E-state index < -0.39 is 0 Å². The van der Waals surface area contributed by atoms with Gasteiger partial charge in [-0.15, -0.1) is 0 Å². The van der Waals surface area contributed by atoms with Crippen molar-refractivity contribution in [2.24, 2.45) is 0 Å². The normalized spacial score (nSPS) is 19.6. The highest BCUT2D eigenvalue weighted by Gasteiger charge is 2.19. The second-order valence-corrected chi connectivity index (χ2v) is 5.28. The molecule has 1 saturated heterocycles. The number of hydrogen-bond acceptors (Lipinski definition) is 5. The summed E-state index contributed by atoms with van der Waals surface area (Å²) in [6, 6.07) is 3.50. The first-order valence-corrected chi connectivity index (χ1v) is 7.38. The summed E-state index contributed by atoms with van der Waals surface area (Å²) in [5.41, 5.74) is 0.878. The van der Waals surface area contributed by atoms with E-state index in [-0.39, 0.29) is 0 Å². The predicted molar refractivity (Wildman–Crippen MR) is 76.7 cm³/mol. The number of aromatic hydroxyl groups is 1. The summed E-state index contributed by atoms with van der Waals surface area (Å²) in [6.07, 6.45) is 1.67. The third kappa shape index (κ3) is 2.99. The molecule has 0 aliphatic carbocycles. The van der Waals surface area contributed by atoms with E-state index in [2.05, 4.69) is 10.2 Å². The fourth-order valence-corrected chi connectivity index (χ4v) is 2.73. The maximum Gasteiger partial charge on any atom is 0.168 e. The Hall–Kier alpha value is -1.46. The highest BCUT2D eigenvalue weighted by atomic mass is 16.5. The van der Waals surface area contributed by atoms with Gasteiger partial charge >= 0.3 is 0 Å². The molecule has 3 rings (SSSR count). The molecule has 0 unspecified atom stereocenters. The smallest absolute Gasteiger partial charge is 0.168 e. The molecule has 0 atom stereocenters. The van der Waals surface area contributed by atoms with Crippen LogP contribution in [-0.4, -0.2) is 55.9 Å². The number of rotatable bonds is 3. The van der Waals surface area contributed by atoms with Crippen LogP contribution in [0.2, 0.25) is 0 Å². The van der Waals surface area contributed by atoms with Crippen molar-refractivity contribution in [2.45, 2.75) is 12.8 Å². The third-order valence-corrected chi connectivity index (χ3v) is 3.88. The topological polar surface area (TPSA) is 54.0 Å². The number of fused-ring (bicyclic) bond motifs is 1. The van der Waals surface area contributed by atoms with Crippen LogP contribution >= 0.6 is 0 Å². The van der Waals surface area contributed by atoms with Crippen molar-refractivity contribution in [1.29, 1.82) is 0 Å². The molecular formula is C15H22N2O3. The van der Waals surface area contributed by atoms with E-state index in [9.17, 15) is 5.11 Å². The van der Waals surface area contributed by atoms with Gasteiger partial charge in [-0.25, -0.2) is 0 Å². The molecule has 0 saturated carbocycles. The first kappa shape index (κ1) is 13.5. The summed E-state index contributed by atoms with van der Waals surface area (Å²) in [7, 11) is 0. The second kappa shape index (κ2) is 6.33. The fraction of sp³-hybridized carbons (Fsp3) is 0.600. The minimum Gasteiger partial charge on any atom is -0.508 e. The Morgan fingerprint density at radius 1 is 1.15 bits per heavy atom. The summed E-state index contributed by atoms with van der Waals surface area (Å²) in [4.78, 5) is 2.41. The molecule has 2 heterocycles. The van der Waals surface area contributed by atoms with Crippen molar-refractivity contribution in [3.63, 3.8) is 0 Å². The summed E-state index contributed by atoms with van der Waals surface area (Å²) in [5.74, 6) is 1.80. The standard InChI is InChI=1S/C15H22N2O3/c18-13-2-3-14-15(20-11-1-10-19-14)12(13)4-7-17-8-5-16-6-9-17/h2-3,16,18H,1,4-11H2. The molecule has 0 amide bonds. The number of ether oxygens (including phenoxy) is 2. The van der Waals surface area contributed by atoms with Gasteiger partial charge in [-0.3, -0.25) is 0 Å². The lowest BCUT2D eigenvalue weighted by Crippen LogP contribution is -2.44. The summed E-state index contributed by atoms with van der Waals surface area (Å²) in [5, 5.41) is 13.5. The molecule has 110 valence electrons. The highest BCUT2D eigenvalue weighted by Crippen LogP contribution is 2.38. The van der Waals surface area contributed by atoms with E-state index in [1.165, 1.54) is 0 Å². The number of nitrogens with zero attached hydrogens (tertiary/aromatic N) is 1. The monoisotopic (exact) mass is 278 g/mol. The van der Waals surface area contributed by atoms with Gasteiger partial charge in [0.05, 0.1) is 13.2 Å². The van der Waals surface area contributed by atoms with E-state index in [1.54, 1.807) is 12.1 Å². The largest absolute Gasteiger partial charge is 0.508 e. The van der Waals surface area contributed by atoms with Crippen molar-refractivity contribution in [3.8, 4) is 17.2 Å². The van der Waals surface area contributed by atoms with Gasteiger partial charge in [0.15, 0.2) is 11.5 Å². The van der Waals surface area contributed by atoms with Crippen LogP contribution in [0.4, 0.5) is 0 Å². The minimum atomic E-state index is 0.310. The molecule has 20 heavy (non-hydrogen) atoms. The average Bonchev–Trinajstić information content (AvgIpc) is 2.73. The molecule has 2 aliphatic heterocycles. The van der Waals surface area contributed by atoms with Crippen LogP contribution < -0.4 is 14.8 Å². The van der Waals surface area contributed by atoms with Crippen LogP contribution in [0.3, 0.4) is 0 Å².